The molecule has 1 saturated heterocycles. The first-order valence-corrected chi connectivity index (χ1v) is 11.6. The molecule has 1 atom stereocenters. The zero-order chi connectivity index (χ0) is 26.9. The smallest absolute Gasteiger partial charge is 0.410 e. The van der Waals surface area contributed by atoms with Gasteiger partial charge in [-0.3, -0.25) is 14.5 Å². The molecule has 3 aromatic rings. The van der Waals surface area contributed by atoms with E-state index in [4.69, 9.17) is 16.3 Å². The van der Waals surface area contributed by atoms with E-state index in [9.17, 15) is 18.8 Å². The molecule has 1 aliphatic heterocycles. The summed E-state index contributed by atoms with van der Waals surface area (Å²) in [5, 5.41) is 2.52. The van der Waals surface area contributed by atoms with Gasteiger partial charge in [0, 0.05) is 29.9 Å². The predicted octanol–water partition coefficient (Wildman–Crippen LogP) is 3.22. The highest BCUT2D eigenvalue weighted by Gasteiger charge is 2.37. The number of ether oxygens (including phenoxy) is 1. The minimum absolute atomic E-state index is 0.0350. The van der Waals surface area contributed by atoms with Gasteiger partial charge in [0.15, 0.2) is 11.5 Å². The van der Waals surface area contributed by atoms with Crippen molar-refractivity contribution in [3.8, 4) is 11.3 Å². The number of amides is 3. The average molecular weight is 510 g/mol. The molecule has 0 saturated carbocycles. The highest BCUT2D eigenvalue weighted by Crippen LogP contribution is 2.35. The van der Waals surface area contributed by atoms with Crippen molar-refractivity contribution in [2.45, 2.75) is 45.3 Å². The number of imidazole rings is 1. The molecule has 0 aliphatic carbocycles. The zero-order valence-electron chi connectivity index (χ0n) is 20.7. The summed E-state index contributed by atoms with van der Waals surface area (Å²) in [5.74, 6) is 4.81. The summed E-state index contributed by atoms with van der Waals surface area (Å²) in [5.41, 5.74) is 5.90. The first kappa shape index (κ1) is 25.6. The summed E-state index contributed by atoms with van der Waals surface area (Å²) in [6, 6.07) is 7.99. The molecule has 4 rings (SSSR count). The SMILES string of the molecule is CC(C)(C)OC(=O)N1CCCC1c1nc(-c2ccc(C(=O)Nc3cc(F)ccn3)cc2)c(C(N)=O)n1N. The Balaban J connectivity index is 1.62. The van der Waals surface area contributed by atoms with Gasteiger partial charge in [0.2, 0.25) is 0 Å². The van der Waals surface area contributed by atoms with Crippen molar-refractivity contribution in [3.63, 3.8) is 0 Å². The van der Waals surface area contributed by atoms with E-state index in [1.165, 1.54) is 24.4 Å². The number of pyridine rings is 1. The highest BCUT2D eigenvalue weighted by atomic mass is 19.1. The van der Waals surface area contributed by atoms with Crippen molar-refractivity contribution in [1.29, 1.82) is 0 Å². The third-order valence-corrected chi connectivity index (χ3v) is 5.73. The number of nitrogens with zero attached hydrogens (tertiary/aromatic N) is 4. The van der Waals surface area contributed by atoms with Crippen LogP contribution in [0.25, 0.3) is 11.3 Å². The van der Waals surface area contributed by atoms with Gasteiger partial charge in [-0.25, -0.2) is 23.8 Å². The maximum atomic E-state index is 13.4. The van der Waals surface area contributed by atoms with Crippen LogP contribution < -0.4 is 16.9 Å². The summed E-state index contributed by atoms with van der Waals surface area (Å²) in [7, 11) is 0. The highest BCUT2D eigenvalue weighted by molar-refractivity contribution is 6.04. The molecule has 1 aliphatic rings. The number of halogens is 1. The largest absolute Gasteiger partial charge is 0.444 e. The van der Waals surface area contributed by atoms with Gasteiger partial charge < -0.3 is 21.6 Å². The van der Waals surface area contributed by atoms with Crippen molar-refractivity contribution in [3.05, 3.63) is 65.5 Å². The van der Waals surface area contributed by atoms with Crippen LogP contribution in [0.2, 0.25) is 0 Å². The fourth-order valence-electron chi connectivity index (χ4n) is 4.14. The molecule has 194 valence electrons. The summed E-state index contributed by atoms with van der Waals surface area (Å²) in [6.07, 6.45) is 2.04. The van der Waals surface area contributed by atoms with Crippen LogP contribution in [0.1, 0.15) is 66.3 Å². The molecular formula is C25H28FN7O4. The molecule has 3 amide bonds. The minimum atomic E-state index is -0.794. The molecule has 3 heterocycles. The maximum absolute atomic E-state index is 13.4. The summed E-state index contributed by atoms with van der Waals surface area (Å²) in [4.78, 5) is 47.7. The van der Waals surface area contributed by atoms with Gasteiger partial charge >= 0.3 is 6.09 Å². The Kier molecular flexibility index (Phi) is 6.84. The summed E-state index contributed by atoms with van der Waals surface area (Å²) in [6.45, 7) is 5.79. The number of hydrogen-bond acceptors (Lipinski definition) is 7. The topological polar surface area (TPSA) is 158 Å². The van der Waals surface area contributed by atoms with Gasteiger partial charge in [0.1, 0.15) is 22.9 Å². The standard InChI is InChI=1S/C25H28FN7O4/c1-25(2,3)37-24(36)32-12-4-5-17(32)22-31-19(20(21(27)34)33(22)28)14-6-8-15(9-7-14)23(35)30-18-13-16(26)10-11-29-18/h6-11,13,17H,4-5,12,28H2,1-3H3,(H2,27,34)(H,29,30,35). The predicted molar refractivity (Wildman–Crippen MR) is 133 cm³/mol. The van der Waals surface area contributed by atoms with E-state index >= 15 is 0 Å². The lowest BCUT2D eigenvalue weighted by Gasteiger charge is -2.28. The lowest BCUT2D eigenvalue weighted by molar-refractivity contribution is 0.0217. The van der Waals surface area contributed by atoms with Gasteiger partial charge in [0.05, 0.1) is 6.04 Å². The maximum Gasteiger partial charge on any atom is 0.410 e. The minimum Gasteiger partial charge on any atom is -0.444 e. The van der Waals surface area contributed by atoms with E-state index < -0.39 is 35.4 Å². The lowest BCUT2D eigenvalue weighted by Crippen LogP contribution is -2.38. The van der Waals surface area contributed by atoms with Crippen LogP contribution in [-0.4, -0.2) is 49.6 Å². The molecule has 37 heavy (non-hydrogen) atoms. The number of nitrogen functional groups attached to an aromatic ring is 1. The van der Waals surface area contributed by atoms with Gasteiger partial charge in [-0.05, 0) is 51.8 Å². The molecule has 1 unspecified atom stereocenters. The van der Waals surface area contributed by atoms with E-state index in [-0.39, 0.29) is 22.8 Å². The van der Waals surface area contributed by atoms with E-state index in [0.717, 1.165) is 10.7 Å². The number of primary amides is 1. The number of anilines is 1. The molecule has 5 N–H and O–H groups in total. The van der Waals surface area contributed by atoms with Crippen molar-refractivity contribution >= 4 is 23.7 Å². The van der Waals surface area contributed by atoms with Crippen molar-refractivity contribution in [2.75, 3.05) is 17.7 Å². The molecule has 11 nitrogen and oxygen atoms in total. The van der Waals surface area contributed by atoms with Crippen molar-refractivity contribution < 1.29 is 23.5 Å². The Bertz CT molecular complexity index is 1350. The number of likely N-dealkylation sites (tertiary alicyclic amines) is 1. The fraction of sp³-hybridized carbons (Fsp3) is 0.320. The van der Waals surface area contributed by atoms with Crippen LogP contribution in [0.15, 0.2) is 42.6 Å². The first-order valence-electron chi connectivity index (χ1n) is 11.6. The second-order valence-electron chi connectivity index (χ2n) is 9.62. The van der Waals surface area contributed by atoms with Crippen LogP contribution in [0, 0.1) is 5.82 Å². The number of carbonyl (C=O) groups is 3. The van der Waals surface area contributed by atoms with E-state index in [0.29, 0.717) is 30.8 Å². The molecular weight excluding hydrogens is 481 g/mol. The number of nitrogens with two attached hydrogens (primary N) is 2. The van der Waals surface area contributed by atoms with E-state index in [1.807, 2.05) is 0 Å². The lowest BCUT2D eigenvalue weighted by atomic mass is 10.1. The number of aromatic nitrogens is 3. The average Bonchev–Trinajstić information content (AvgIpc) is 3.42. The molecule has 2 aromatic heterocycles. The summed E-state index contributed by atoms with van der Waals surface area (Å²) >= 11 is 0. The molecule has 0 spiro atoms. The number of hydrogen-bond donors (Lipinski definition) is 3. The number of nitrogens with one attached hydrogen (secondary N) is 1. The Morgan fingerprint density at radius 3 is 2.49 bits per heavy atom. The molecule has 12 heteroatoms. The zero-order valence-corrected chi connectivity index (χ0v) is 20.7. The number of carbonyl (C=O) groups excluding carboxylic acids is 3. The van der Waals surface area contributed by atoms with E-state index in [1.54, 1.807) is 37.8 Å². The number of benzene rings is 1. The molecule has 0 bridgehead atoms. The monoisotopic (exact) mass is 509 g/mol. The van der Waals surface area contributed by atoms with Crippen LogP contribution >= 0.6 is 0 Å². The third-order valence-electron chi connectivity index (χ3n) is 5.73. The van der Waals surface area contributed by atoms with Gasteiger partial charge in [0.25, 0.3) is 11.8 Å². The van der Waals surface area contributed by atoms with Crippen molar-refractivity contribution in [2.24, 2.45) is 5.73 Å². The van der Waals surface area contributed by atoms with Crippen molar-refractivity contribution in [1.82, 2.24) is 19.5 Å². The number of rotatable bonds is 5. The quantitative estimate of drug-likeness (QED) is 0.445. The van der Waals surface area contributed by atoms with Gasteiger partial charge in [-0.2, -0.15) is 0 Å². The Morgan fingerprint density at radius 1 is 1.16 bits per heavy atom. The second-order valence-corrected chi connectivity index (χ2v) is 9.62. The van der Waals surface area contributed by atoms with Gasteiger partial charge in [-0.1, -0.05) is 12.1 Å². The Labute approximate surface area is 212 Å². The summed E-state index contributed by atoms with van der Waals surface area (Å²) < 4.78 is 20.0. The molecule has 0 radical (unpaired) electrons. The van der Waals surface area contributed by atoms with E-state index in [2.05, 4.69) is 15.3 Å². The Hall–Kier alpha value is -4.48. The van der Waals surface area contributed by atoms with Crippen LogP contribution in [0.5, 0.6) is 0 Å². The van der Waals surface area contributed by atoms with Crippen LogP contribution in [0.4, 0.5) is 15.0 Å². The van der Waals surface area contributed by atoms with Crippen LogP contribution in [-0.2, 0) is 4.74 Å². The first-order chi connectivity index (χ1) is 17.4. The van der Waals surface area contributed by atoms with Crippen LogP contribution in [0.3, 0.4) is 0 Å². The van der Waals surface area contributed by atoms with Gasteiger partial charge in [-0.15, -0.1) is 0 Å². The normalized spacial score (nSPS) is 15.5. The third kappa shape index (κ3) is 5.52. The second kappa shape index (κ2) is 9.88. The molecule has 1 aromatic carbocycles. The molecule has 1 fully saturated rings. The fourth-order valence-corrected chi connectivity index (χ4v) is 4.14. The Morgan fingerprint density at radius 2 is 1.86 bits per heavy atom.